The zero-order valence-electron chi connectivity index (χ0n) is 14.3. The summed E-state index contributed by atoms with van der Waals surface area (Å²) in [5, 5.41) is 0. The lowest BCUT2D eigenvalue weighted by Crippen LogP contribution is -2.18. The third kappa shape index (κ3) is 3.56. The molecule has 0 heterocycles. The molecule has 1 aliphatic rings. The van der Waals surface area contributed by atoms with Gasteiger partial charge in [-0.25, -0.2) is 0 Å². The summed E-state index contributed by atoms with van der Waals surface area (Å²) in [6.45, 7) is 6.80. The minimum atomic E-state index is 0.152. The van der Waals surface area contributed by atoms with Gasteiger partial charge < -0.3 is 4.90 Å². The average molecular weight is 303 g/mol. The highest BCUT2D eigenvalue weighted by molar-refractivity contribution is 5.69. The molecule has 0 saturated carbocycles. The fraction of sp³-hybridized carbons (Fsp3) is 0.273. The van der Waals surface area contributed by atoms with Crippen molar-refractivity contribution >= 4 is 11.4 Å². The zero-order chi connectivity index (χ0) is 16.3. The number of hydrogen-bond donors (Lipinski definition) is 0. The number of rotatable bonds is 3. The van der Waals surface area contributed by atoms with Gasteiger partial charge in [-0.2, -0.15) is 0 Å². The third-order valence-electron chi connectivity index (χ3n) is 4.26. The molecule has 0 fully saturated rings. The van der Waals surface area contributed by atoms with E-state index in [-0.39, 0.29) is 5.41 Å². The summed E-state index contributed by atoms with van der Waals surface area (Å²) < 4.78 is 0. The Morgan fingerprint density at radius 2 is 1.61 bits per heavy atom. The van der Waals surface area contributed by atoms with Crippen molar-refractivity contribution in [2.75, 3.05) is 4.90 Å². The van der Waals surface area contributed by atoms with E-state index < -0.39 is 0 Å². The lowest BCUT2D eigenvalue weighted by Gasteiger charge is -2.30. The van der Waals surface area contributed by atoms with Gasteiger partial charge >= 0.3 is 0 Å². The molecular formula is C22H25N. The smallest absolute Gasteiger partial charge is 0.0461 e. The molecule has 23 heavy (non-hydrogen) atoms. The monoisotopic (exact) mass is 303 g/mol. The van der Waals surface area contributed by atoms with E-state index >= 15 is 0 Å². The van der Waals surface area contributed by atoms with Crippen molar-refractivity contribution in [2.45, 2.75) is 39.0 Å². The number of anilines is 2. The fourth-order valence-electron chi connectivity index (χ4n) is 2.95. The Bertz CT molecular complexity index is 717. The molecule has 3 rings (SSSR count). The van der Waals surface area contributed by atoms with Gasteiger partial charge in [0.05, 0.1) is 0 Å². The van der Waals surface area contributed by atoms with Crippen LogP contribution in [0, 0.1) is 0 Å². The van der Waals surface area contributed by atoms with Gasteiger partial charge in [0, 0.05) is 17.1 Å². The average Bonchev–Trinajstić information content (AvgIpc) is 2.57. The molecule has 0 atom stereocenters. The molecule has 0 radical (unpaired) electrons. The molecule has 0 unspecified atom stereocenters. The first-order chi connectivity index (χ1) is 11.1. The Morgan fingerprint density at radius 1 is 0.870 bits per heavy atom. The Labute approximate surface area is 140 Å². The summed E-state index contributed by atoms with van der Waals surface area (Å²) in [6, 6.07) is 19.6. The molecule has 0 amide bonds. The topological polar surface area (TPSA) is 3.24 Å². The van der Waals surface area contributed by atoms with E-state index in [9.17, 15) is 0 Å². The Balaban J connectivity index is 2.09. The first kappa shape index (κ1) is 15.6. The second-order valence-corrected chi connectivity index (χ2v) is 7.10. The van der Waals surface area contributed by atoms with Gasteiger partial charge in [0.2, 0.25) is 0 Å². The SMILES string of the molecule is CC(C)(C)c1cccc(N(C2=CC=CCC2)c2ccccc2)c1. The molecule has 1 aliphatic carbocycles. The fourth-order valence-corrected chi connectivity index (χ4v) is 2.95. The maximum atomic E-state index is 2.39. The molecule has 0 saturated heterocycles. The van der Waals surface area contributed by atoms with Crippen LogP contribution in [-0.2, 0) is 5.41 Å². The molecule has 0 bridgehead atoms. The molecule has 0 aromatic heterocycles. The van der Waals surface area contributed by atoms with Crippen LogP contribution in [0.25, 0.3) is 0 Å². The number of allylic oxidation sites excluding steroid dienone is 4. The third-order valence-corrected chi connectivity index (χ3v) is 4.26. The summed E-state index contributed by atoms with van der Waals surface area (Å²) in [7, 11) is 0. The van der Waals surface area contributed by atoms with E-state index in [1.54, 1.807) is 0 Å². The molecule has 2 aromatic carbocycles. The second kappa shape index (κ2) is 6.45. The normalized spacial score (nSPS) is 14.5. The minimum absolute atomic E-state index is 0.152. The summed E-state index contributed by atoms with van der Waals surface area (Å²) >= 11 is 0. The van der Waals surface area contributed by atoms with E-state index in [4.69, 9.17) is 0 Å². The summed E-state index contributed by atoms with van der Waals surface area (Å²) in [4.78, 5) is 2.39. The van der Waals surface area contributed by atoms with Gasteiger partial charge in [0.15, 0.2) is 0 Å². The Hall–Kier alpha value is -2.28. The van der Waals surface area contributed by atoms with Crippen molar-refractivity contribution in [1.29, 1.82) is 0 Å². The maximum Gasteiger partial charge on any atom is 0.0461 e. The molecule has 1 nitrogen and oxygen atoms in total. The van der Waals surface area contributed by atoms with Crippen molar-refractivity contribution < 1.29 is 0 Å². The van der Waals surface area contributed by atoms with Crippen LogP contribution in [-0.4, -0.2) is 0 Å². The molecule has 0 spiro atoms. The number of hydrogen-bond acceptors (Lipinski definition) is 1. The number of benzene rings is 2. The first-order valence-electron chi connectivity index (χ1n) is 8.37. The van der Waals surface area contributed by atoms with Crippen molar-refractivity contribution in [1.82, 2.24) is 0 Å². The predicted molar refractivity (Wildman–Crippen MR) is 100 cm³/mol. The summed E-state index contributed by atoms with van der Waals surface area (Å²) in [6.07, 6.45) is 8.82. The molecule has 0 N–H and O–H groups in total. The van der Waals surface area contributed by atoms with Crippen molar-refractivity contribution in [3.05, 3.63) is 84.1 Å². The van der Waals surface area contributed by atoms with Crippen LogP contribution < -0.4 is 4.90 Å². The van der Waals surface area contributed by atoms with Crippen LogP contribution >= 0.6 is 0 Å². The van der Waals surface area contributed by atoms with Crippen molar-refractivity contribution in [3.63, 3.8) is 0 Å². The van der Waals surface area contributed by atoms with Gasteiger partial charge in [-0.1, -0.05) is 63.3 Å². The summed E-state index contributed by atoms with van der Waals surface area (Å²) in [5.74, 6) is 0. The molecule has 1 heteroatoms. The van der Waals surface area contributed by atoms with Crippen LogP contribution in [0.5, 0.6) is 0 Å². The summed E-state index contributed by atoms with van der Waals surface area (Å²) in [5.41, 5.74) is 5.33. The van der Waals surface area contributed by atoms with E-state index in [0.29, 0.717) is 0 Å². The van der Waals surface area contributed by atoms with Gasteiger partial charge in [0.1, 0.15) is 0 Å². The van der Waals surface area contributed by atoms with Crippen LogP contribution in [0.1, 0.15) is 39.2 Å². The van der Waals surface area contributed by atoms with Crippen LogP contribution in [0.3, 0.4) is 0 Å². The van der Waals surface area contributed by atoms with E-state index in [1.807, 2.05) is 0 Å². The molecule has 0 aliphatic heterocycles. The second-order valence-electron chi connectivity index (χ2n) is 7.10. The highest BCUT2D eigenvalue weighted by atomic mass is 15.1. The molecular weight excluding hydrogens is 278 g/mol. The first-order valence-corrected chi connectivity index (χ1v) is 8.37. The van der Waals surface area contributed by atoms with Crippen molar-refractivity contribution in [3.8, 4) is 0 Å². The highest BCUT2D eigenvalue weighted by Gasteiger charge is 2.18. The highest BCUT2D eigenvalue weighted by Crippen LogP contribution is 2.35. The lowest BCUT2D eigenvalue weighted by molar-refractivity contribution is 0.590. The van der Waals surface area contributed by atoms with Gasteiger partial charge in [-0.15, -0.1) is 0 Å². The van der Waals surface area contributed by atoms with Crippen LogP contribution in [0.2, 0.25) is 0 Å². The standard InChI is InChI=1S/C22H25N/c1-22(2,3)18-11-10-16-21(17-18)23(19-12-6-4-7-13-19)20-14-8-5-9-15-20/h4-8,10-14,16-17H,9,15H2,1-3H3. The lowest BCUT2D eigenvalue weighted by atomic mass is 9.86. The molecule has 118 valence electrons. The zero-order valence-corrected chi connectivity index (χ0v) is 14.3. The molecule has 2 aromatic rings. The van der Waals surface area contributed by atoms with E-state index in [0.717, 1.165) is 12.8 Å². The van der Waals surface area contributed by atoms with E-state index in [1.165, 1.54) is 22.6 Å². The maximum absolute atomic E-state index is 2.39. The van der Waals surface area contributed by atoms with Gasteiger partial charge in [0.25, 0.3) is 0 Å². The Morgan fingerprint density at radius 3 is 2.26 bits per heavy atom. The minimum Gasteiger partial charge on any atom is -0.314 e. The quantitative estimate of drug-likeness (QED) is 0.638. The predicted octanol–water partition coefficient (Wildman–Crippen LogP) is 6.36. The Kier molecular flexibility index (Phi) is 4.38. The van der Waals surface area contributed by atoms with E-state index in [2.05, 4.69) is 98.5 Å². The van der Waals surface area contributed by atoms with Crippen LogP contribution in [0.15, 0.2) is 78.5 Å². The van der Waals surface area contributed by atoms with Crippen molar-refractivity contribution in [2.24, 2.45) is 0 Å². The number of nitrogens with zero attached hydrogens (tertiary/aromatic N) is 1. The van der Waals surface area contributed by atoms with Crippen LogP contribution in [0.4, 0.5) is 11.4 Å². The largest absolute Gasteiger partial charge is 0.314 e. The van der Waals surface area contributed by atoms with Gasteiger partial charge in [-0.05, 0) is 54.2 Å². The van der Waals surface area contributed by atoms with Gasteiger partial charge in [-0.3, -0.25) is 0 Å². The number of para-hydroxylation sites is 1.